The van der Waals surface area contributed by atoms with Crippen LogP contribution in [-0.2, 0) is 14.3 Å². The number of hydrogen-bond acceptors (Lipinski definition) is 5. The number of amides is 1. The fraction of sp³-hybridized carbons (Fsp3) is 0.895. The van der Waals surface area contributed by atoms with Crippen LogP contribution in [0.2, 0.25) is 0 Å². The van der Waals surface area contributed by atoms with Gasteiger partial charge in [-0.3, -0.25) is 9.59 Å². The van der Waals surface area contributed by atoms with Gasteiger partial charge >= 0.3 is 5.97 Å². The molecule has 0 fully saturated rings. The van der Waals surface area contributed by atoms with Gasteiger partial charge in [0.05, 0.1) is 25.4 Å². The highest BCUT2D eigenvalue weighted by atomic mass is 16.5. The third kappa shape index (κ3) is 67.2. The fourth-order valence-corrected chi connectivity index (χ4v) is 11.7. The summed E-state index contributed by atoms with van der Waals surface area (Å²) in [5.41, 5.74) is 0. The molecular weight excluding hydrogens is 1010 g/mol. The van der Waals surface area contributed by atoms with Crippen molar-refractivity contribution in [3.8, 4) is 0 Å². The molecule has 1 amide bonds. The van der Waals surface area contributed by atoms with Gasteiger partial charge in [-0.25, -0.2) is 0 Å². The first-order valence-electron chi connectivity index (χ1n) is 37.3. The SMILES string of the molecule is CCCCC/C=C\C/C=C\CCCCCCCCCCCC(=O)OCCCCCCCCCCCCCCCCCCCCCCCCCCCCCCCCCCCC(=O)NC(CO)C(O)/C=C/CCCCCCCCCCCCC. The number of esters is 1. The Labute approximate surface area is 513 Å². The molecule has 0 saturated heterocycles. The molecule has 82 heavy (non-hydrogen) atoms. The summed E-state index contributed by atoms with van der Waals surface area (Å²) in [4.78, 5) is 24.6. The van der Waals surface area contributed by atoms with Crippen molar-refractivity contribution in [3.63, 3.8) is 0 Å². The Morgan fingerprint density at radius 3 is 0.951 bits per heavy atom. The monoisotopic (exact) mass is 1150 g/mol. The lowest BCUT2D eigenvalue weighted by Gasteiger charge is -2.20. The highest BCUT2D eigenvalue weighted by Crippen LogP contribution is 2.19. The van der Waals surface area contributed by atoms with Crippen molar-refractivity contribution in [2.75, 3.05) is 13.2 Å². The van der Waals surface area contributed by atoms with E-state index in [1.807, 2.05) is 6.08 Å². The van der Waals surface area contributed by atoms with E-state index in [9.17, 15) is 19.8 Å². The van der Waals surface area contributed by atoms with E-state index in [1.54, 1.807) is 6.08 Å². The smallest absolute Gasteiger partial charge is 0.305 e. The van der Waals surface area contributed by atoms with Crippen molar-refractivity contribution in [1.82, 2.24) is 5.32 Å². The van der Waals surface area contributed by atoms with E-state index in [2.05, 4.69) is 43.5 Å². The number of aliphatic hydroxyl groups is 2. The Morgan fingerprint density at radius 1 is 0.341 bits per heavy atom. The summed E-state index contributed by atoms with van der Waals surface area (Å²) in [7, 11) is 0. The number of aliphatic hydroxyl groups excluding tert-OH is 2. The van der Waals surface area contributed by atoms with Gasteiger partial charge in [0.15, 0.2) is 0 Å². The van der Waals surface area contributed by atoms with Crippen LogP contribution in [-0.4, -0.2) is 47.4 Å². The maximum absolute atomic E-state index is 12.5. The molecule has 0 aromatic heterocycles. The maximum Gasteiger partial charge on any atom is 0.305 e. The number of unbranched alkanes of at least 4 members (excludes halogenated alkanes) is 55. The molecule has 3 N–H and O–H groups in total. The number of rotatable bonds is 70. The zero-order valence-corrected chi connectivity index (χ0v) is 55.5. The minimum atomic E-state index is -0.840. The summed E-state index contributed by atoms with van der Waals surface area (Å²) in [5, 5.41) is 23.1. The summed E-state index contributed by atoms with van der Waals surface area (Å²) in [5.74, 6) is -0.0435. The van der Waals surface area contributed by atoms with Crippen molar-refractivity contribution in [3.05, 3.63) is 36.5 Å². The Hall–Kier alpha value is -1.92. The molecule has 0 saturated carbocycles. The van der Waals surface area contributed by atoms with E-state index < -0.39 is 12.1 Å². The van der Waals surface area contributed by atoms with Crippen LogP contribution in [0.3, 0.4) is 0 Å². The van der Waals surface area contributed by atoms with Gasteiger partial charge in [0.2, 0.25) is 5.91 Å². The largest absolute Gasteiger partial charge is 0.466 e. The molecule has 0 rings (SSSR count). The number of nitrogens with one attached hydrogen (secondary N) is 1. The molecule has 0 bridgehead atoms. The first-order chi connectivity index (χ1) is 40.5. The van der Waals surface area contributed by atoms with E-state index in [0.29, 0.717) is 19.4 Å². The van der Waals surface area contributed by atoms with Crippen LogP contribution in [0, 0.1) is 0 Å². The average Bonchev–Trinajstić information content (AvgIpc) is 3.48. The van der Waals surface area contributed by atoms with Gasteiger partial charge in [0, 0.05) is 12.8 Å². The normalized spacial score (nSPS) is 12.7. The van der Waals surface area contributed by atoms with Crippen molar-refractivity contribution < 1.29 is 24.5 Å². The molecule has 2 unspecified atom stereocenters. The number of carbonyl (C=O) groups is 2. The molecule has 0 aliphatic rings. The highest BCUT2D eigenvalue weighted by molar-refractivity contribution is 5.76. The Kier molecular flexibility index (Phi) is 69.9. The molecule has 0 heterocycles. The topological polar surface area (TPSA) is 95.9 Å². The zero-order valence-electron chi connectivity index (χ0n) is 55.5. The lowest BCUT2D eigenvalue weighted by molar-refractivity contribution is -0.143. The van der Waals surface area contributed by atoms with Crippen molar-refractivity contribution in [1.29, 1.82) is 0 Å². The Morgan fingerprint density at radius 2 is 0.610 bits per heavy atom. The third-order valence-electron chi connectivity index (χ3n) is 17.4. The molecule has 484 valence electrons. The first kappa shape index (κ1) is 80.1. The van der Waals surface area contributed by atoms with Gasteiger partial charge in [-0.15, -0.1) is 0 Å². The summed E-state index contributed by atoms with van der Waals surface area (Å²) >= 11 is 0. The van der Waals surface area contributed by atoms with E-state index >= 15 is 0 Å². The van der Waals surface area contributed by atoms with E-state index in [-0.39, 0.29) is 18.5 Å². The second-order valence-electron chi connectivity index (χ2n) is 25.6. The second kappa shape index (κ2) is 71.6. The molecule has 0 aromatic carbocycles. The van der Waals surface area contributed by atoms with Crippen LogP contribution in [0.5, 0.6) is 0 Å². The average molecular weight is 1150 g/mol. The van der Waals surface area contributed by atoms with Gasteiger partial charge in [-0.05, 0) is 64.2 Å². The van der Waals surface area contributed by atoms with Crippen LogP contribution in [0.4, 0.5) is 0 Å². The van der Waals surface area contributed by atoms with Gasteiger partial charge in [-0.2, -0.15) is 0 Å². The van der Waals surface area contributed by atoms with Crippen molar-refractivity contribution in [2.45, 2.75) is 424 Å². The van der Waals surface area contributed by atoms with Gasteiger partial charge in [-0.1, -0.05) is 371 Å². The quantitative estimate of drug-likeness (QED) is 0.0320. The standard InChI is InChI=1S/C76H145NO5/c1-3-5-7-9-11-13-15-17-18-19-35-39-42-46-50-54-58-62-66-70-76(81)82-71-67-63-59-55-51-47-43-40-37-34-32-30-28-26-24-22-20-21-23-25-27-29-31-33-36-38-41-45-49-53-57-61-65-69-75(80)77-73(72-78)74(79)68-64-60-56-52-48-44-16-14-12-10-8-6-4-2/h11,13,17-18,64,68,73-74,78-79H,3-10,12,14-16,19-63,65-67,69-72H2,1-2H3,(H,77,80)/b13-11-,18-17-,68-64+. The number of allylic oxidation sites excluding steroid dienone is 5. The van der Waals surface area contributed by atoms with Crippen molar-refractivity contribution >= 4 is 11.9 Å². The van der Waals surface area contributed by atoms with Crippen LogP contribution >= 0.6 is 0 Å². The number of hydrogen-bond donors (Lipinski definition) is 3. The van der Waals surface area contributed by atoms with Gasteiger partial charge in [0.25, 0.3) is 0 Å². The zero-order chi connectivity index (χ0) is 59.2. The van der Waals surface area contributed by atoms with Crippen LogP contribution in [0.25, 0.3) is 0 Å². The van der Waals surface area contributed by atoms with E-state index in [0.717, 1.165) is 51.4 Å². The summed E-state index contributed by atoms with van der Waals surface area (Å²) < 4.78 is 5.51. The summed E-state index contributed by atoms with van der Waals surface area (Å²) in [6.45, 7) is 4.91. The molecule has 0 spiro atoms. The Balaban J connectivity index is 3.31. The number of ether oxygens (including phenoxy) is 1. The molecule has 0 aromatic rings. The summed E-state index contributed by atoms with van der Waals surface area (Å²) in [6, 6.07) is -0.623. The molecule has 6 heteroatoms. The Bertz CT molecular complexity index is 1330. The molecule has 2 atom stereocenters. The van der Waals surface area contributed by atoms with Gasteiger partial charge < -0.3 is 20.3 Å². The van der Waals surface area contributed by atoms with Gasteiger partial charge in [0.1, 0.15) is 0 Å². The minimum absolute atomic E-state index is 0.0181. The maximum atomic E-state index is 12.5. The fourth-order valence-electron chi connectivity index (χ4n) is 11.7. The van der Waals surface area contributed by atoms with E-state index in [4.69, 9.17) is 4.74 Å². The molecule has 0 aliphatic heterocycles. The second-order valence-corrected chi connectivity index (χ2v) is 25.6. The van der Waals surface area contributed by atoms with E-state index in [1.165, 1.54) is 334 Å². The lowest BCUT2D eigenvalue weighted by atomic mass is 10.0. The minimum Gasteiger partial charge on any atom is -0.466 e. The molecular formula is C76H145NO5. The molecule has 6 nitrogen and oxygen atoms in total. The lowest BCUT2D eigenvalue weighted by Crippen LogP contribution is -2.45. The summed E-state index contributed by atoms with van der Waals surface area (Å²) in [6.07, 6.45) is 92.5. The van der Waals surface area contributed by atoms with Crippen LogP contribution in [0.15, 0.2) is 36.5 Å². The number of carbonyl (C=O) groups excluding carboxylic acids is 2. The van der Waals surface area contributed by atoms with Crippen molar-refractivity contribution in [2.24, 2.45) is 0 Å². The predicted molar refractivity (Wildman–Crippen MR) is 361 cm³/mol. The highest BCUT2D eigenvalue weighted by Gasteiger charge is 2.18. The third-order valence-corrected chi connectivity index (χ3v) is 17.4. The predicted octanol–water partition coefficient (Wildman–Crippen LogP) is 24.3. The first-order valence-corrected chi connectivity index (χ1v) is 37.3. The van der Waals surface area contributed by atoms with Crippen LogP contribution < -0.4 is 5.32 Å². The van der Waals surface area contributed by atoms with Crippen LogP contribution in [0.1, 0.15) is 412 Å². The molecule has 0 radical (unpaired) electrons. The molecule has 0 aliphatic carbocycles.